The van der Waals surface area contributed by atoms with Gasteiger partial charge in [0.15, 0.2) is 0 Å². The van der Waals surface area contributed by atoms with Crippen LogP contribution in [0.5, 0.6) is 0 Å². The maximum atomic E-state index is 4.14. The minimum Gasteiger partial charge on any atom is -0.273 e. The van der Waals surface area contributed by atoms with Crippen LogP contribution in [-0.2, 0) is 13.5 Å². The highest BCUT2D eigenvalue weighted by atomic mass is 15.5. The number of hydrazine groups is 1. The number of rotatable bonds is 3. The molecule has 13 heavy (non-hydrogen) atoms. The Kier molecular flexibility index (Phi) is 2.61. The van der Waals surface area contributed by atoms with E-state index in [4.69, 9.17) is 0 Å². The Balaban J connectivity index is 1.82. The molecule has 0 unspecified atom stereocenters. The van der Waals surface area contributed by atoms with Gasteiger partial charge in [0.2, 0.25) is 0 Å². The molecule has 4 nitrogen and oxygen atoms in total. The first-order valence-electron chi connectivity index (χ1n) is 4.81. The van der Waals surface area contributed by atoms with Gasteiger partial charge in [-0.3, -0.25) is 10.1 Å². The zero-order valence-corrected chi connectivity index (χ0v) is 8.03. The lowest BCUT2D eigenvalue weighted by Gasteiger charge is -2.14. The second-order valence-electron chi connectivity index (χ2n) is 3.44. The van der Waals surface area contributed by atoms with Crippen molar-refractivity contribution >= 4 is 0 Å². The van der Waals surface area contributed by atoms with Gasteiger partial charge in [-0.2, -0.15) is 5.10 Å². The lowest BCUT2D eigenvalue weighted by Crippen LogP contribution is -2.32. The Morgan fingerprint density at radius 2 is 2.54 bits per heavy atom. The fourth-order valence-electron chi connectivity index (χ4n) is 1.67. The van der Waals surface area contributed by atoms with E-state index in [1.54, 1.807) is 0 Å². The average molecular weight is 180 g/mol. The Morgan fingerprint density at radius 3 is 3.15 bits per heavy atom. The van der Waals surface area contributed by atoms with Crippen LogP contribution in [0, 0.1) is 0 Å². The van der Waals surface area contributed by atoms with Crippen LogP contribution in [0.1, 0.15) is 12.1 Å². The lowest BCUT2D eigenvalue weighted by molar-refractivity contribution is 0.255. The number of hydrogen-bond acceptors (Lipinski definition) is 3. The molecule has 1 aliphatic rings. The van der Waals surface area contributed by atoms with E-state index < -0.39 is 0 Å². The third kappa shape index (κ3) is 2.08. The zero-order valence-electron chi connectivity index (χ0n) is 8.03. The standard InChI is InChI=1S/C9H16N4/c1-12-9(3-6-10-12)4-8-13-7-2-5-11-13/h3,6,11H,2,4-5,7-8H2,1H3. The molecular weight excluding hydrogens is 164 g/mol. The van der Waals surface area contributed by atoms with E-state index in [9.17, 15) is 0 Å². The first-order valence-corrected chi connectivity index (χ1v) is 4.81. The van der Waals surface area contributed by atoms with Crippen molar-refractivity contribution in [1.82, 2.24) is 20.2 Å². The highest BCUT2D eigenvalue weighted by Gasteiger charge is 2.10. The summed E-state index contributed by atoms with van der Waals surface area (Å²) in [7, 11) is 1.99. The molecule has 2 rings (SSSR count). The van der Waals surface area contributed by atoms with Crippen LogP contribution in [0.2, 0.25) is 0 Å². The minimum atomic E-state index is 1.07. The van der Waals surface area contributed by atoms with E-state index in [1.165, 1.54) is 18.7 Å². The number of nitrogens with zero attached hydrogens (tertiary/aromatic N) is 3. The van der Waals surface area contributed by atoms with Crippen molar-refractivity contribution in [3.63, 3.8) is 0 Å². The molecule has 1 aromatic rings. The van der Waals surface area contributed by atoms with Crippen LogP contribution < -0.4 is 5.43 Å². The van der Waals surface area contributed by atoms with Gasteiger partial charge in [-0.05, 0) is 12.5 Å². The molecule has 0 aromatic carbocycles. The molecule has 1 N–H and O–H groups in total. The predicted octanol–water partition coefficient (Wildman–Crippen LogP) is 0.173. The molecule has 0 aliphatic carbocycles. The van der Waals surface area contributed by atoms with Crippen molar-refractivity contribution < 1.29 is 0 Å². The van der Waals surface area contributed by atoms with Gasteiger partial charge in [-0.1, -0.05) is 0 Å². The smallest absolute Gasteiger partial charge is 0.0492 e. The van der Waals surface area contributed by atoms with Crippen LogP contribution in [0.25, 0.3) is 0 Å². The largest absolute Gasteiger partial charge is 0.273 e. The van der Waals surface area contributed by atoms with E-state index in [-0.39, 0.29) is 0 Å². The molecule has 0 amide bonds. The van der Waals surface area contributed by atoms with Crippen molar-refractivity contribution in [2.24, 2.45) is 7.05 Å². The SMILES string of the molecule is Cn1nccc1CCN1CCCN1. The number of aryl methyl sites for hydroxylation is 1. The monoisotopic (exact) mass is 180 g/mol. The molecule has 4 heteroatoms. The summed E-state index contributed by atoms with van der Waals surface area (Å²) in [6.07, 6.45) is 4.20. The van der Waals surface area contributed by atoms with Crippen molar-refractivity contribution in [2.75, 3.05) is 19.6 Å². The van der Waals surface area contributed by atoms with Crippen LogP contribution in [0.4, 0.5) is 0 Å². The van der Waals surface area contributed by atoms with Crippen molar-refractivity contribution in [1.29, 1.82) is 0 Å². The molecule has 1 fully saturated rings. The average Bonchev–Trinajstić information content (AvgIpc) is 2.72. The fraction of sp³-hybridized carbons (Fsp3) is 0.667. The first kappa shape index (κ1) is 8.72. The van der Waals surface area contributed by atoms with Crippen molar-refractivity contribution in [2.45, 2.75) is 12.8 Å². The Bertz CT molecular complexity index is 262. The molecule has 1 aromatic heterocycles. The molecule has 0 atom stereocenters. The summed E-state index contributed by atoms with van der Waals surface area (Å²) in [6, 6.07) is 2.08. The normalized spacial score (nSPS) is 18.2. The van der Waals surface area contributed by atoms with Crippen LogP contribution in [-0.4, -0.2) is 34.4 Å². The van der Waals surface area contributed by atoms with Gasteiger partial charge in [0.25, 0.3) is 0 Å². The second kappa shape index (κ2) is 3.89. The van der Waals surface area contributed by atoms with Gasteiger partial charge < -0.3 is 0 Å². The second-order valence-corrected chi connectivity index (χ2v) is 3.44. The van der Waals surface area contributed by atoms with Crippen LogP contribution >= 0.6 is 0 Å². The Hall–Kier alpha value is -0.870. The molecule has 1 aliphatic heterocycles. The van der Waals surface area contributed by atoms with Gasteiger partial charge in [-0.25, -0.2) is 5.01 Å². The highest BCUT2D eigenvalue weighted by molar-refractivity contribution is 5.00. The third-order valence-electron chi connectivity index (χ3n) is 2.50. The predicted molar refractivity (Wildman–Crippen MR) is 51.1 cm³/mol. The number of nitrogens with one attached hydrogen (secondary N) is 1. The topological polar surface area (TPSA) is 33.1 Å². The summed E-state index contributed by atoms with van der Waals surface area (Å²) in [6.45, 7) is 3.39. The third-order valence-corrected chi connectivity index (χ3v) is 2.50. The van der Waals surface area contributed by atoms with E-state index >= 15 is 0 Å². The van der Waals surface area contributed by atoms with Gasteiger partial charge >= 0.3 is 0 Å². The molecule has 0 saturated carbocycles. The Labute approximate surface area is 78.5 Å². The molecule has 0 bridgehead atoms. The van der Waals surface area contributed by atoms with E-state index in [0.29, 0.717) is 0 Å². The molecule has 2 heterocycles. The van der Waals surface area contributed by atoms with E-state index in [1.807, 2.05) is 17.9 Å². The number of aromatic nitrogens is 2. The van der Waals surface area contributed by atoms with Crippen molar-refractivity contribution in [3.05, 3.63) is 18.0 Å². The quantitative estimate of drug-likeness (QED) is 0.720. The summed E-state index contributed by atoms with van der Waals surface area (Å²) in [5.41, 5.74) is 4.64. The summed E-state index contributed by atoms with van der Waals surface area (Å²) >= 11 is 0. The summed E-state index contributed by atoms with van der Waals surface area (Å²) < 4.78 is 1.94. The maximum absolute atomic E-state index is 4.14. The van der Waals surface area contributed by atoms with Gasteiger partial charge in [0.1, 0.15) is 0 Å². The molecular formula is C9H16N4. The fourth-order valence-corrected chi connectivity index (χ4v) is 1.67. The summed E-state index contributed by atoms with van der Waals surface area (Å²) in [5, 5.41) is 6.42. The van der Waals surface area contributed by atoms with Gasteiger partial charge in [0.05, 0.1) is 0 Å². The van der Waals surface area contributed by atoms with Crippen LogP contribution in [0.15, 0.2) is 12.3 Å². The first-order chi connectivity index (χ1) is 6.36. The van der Waals surface area contributed by atoms with E-state index in [0.717, 1.165) is 19.5 Å². The highest BCUT2D eigenvalue weighted by Crippen LogP contribution is 2.01. The van der Waals surface area contributed by atoms with Crippen molar-refractivity contribution in [3.8, 4) is 0 Å². The lowest BCUT2D eigenvalue weighted by atomic mass is 10.3. The summed E-state index contributed by atoms with van der Waals surface area (Å²) in [4.78, 5) is 0. The molecule has 0 radical (unpaired) electrons. The van der Waals surface area contributed by atoms with E-state index in [2.05, 4.69) is 21.6 Å². The zero-order chi connectivity index (χ0) is 9.10. The van der Waals surface area contributed by atoms with Gasteiger partial charge in [0, 0.05) is 45.0 Å². The minimum absolute atomic E-state index is 1.07. The number of hydrogen-bond donors (Lipinski definition) is 1. The van der Waals surface area contributed by atoms with Gasteiger partial charge in [-0.15, -0.1) is 0 Å². The Morgan fingerprint density at radius 1 is 1.62 bits per heavy atom. The molecule has 1 saturated heterocycles. The van der Waals surface area contributed by atoms with Crippen LogP contribution in [0.3, 0.4) is 0 Å². The summed E-state index contributed by atoms with van der Waals surface area (Å²) in [5.74, 6) is 0. The maximum Gasteiger partial charge on any atom is 0.0492 e. The molecule has 72 valence electrons. The molecule has 0 spiro atoms.